The number of pyridine rings is 1. The summed E-state index contributed by atoms with van der Waals surface area (Å²) in [6.07, 6.45) is 6.62. The van der Waals surface area contributed by atoms with Crippen LogP contribution in [0, 0.1) is 5.92 Å². The Labute approximate surface area is 127 Å². The van der Waals surface area contributed by atoms with E-state index in [0.29, 0.717) is 13.1 Å². The number of carbonyl (C=O) groups is 1. The zero-order chi connectivity index (χ0) is 15.1. The minimum atomic E-state index is -0.825. The van der Waals surface area contributed by atoms with Crippen molar-refractivity contribution in [3.8, 4) is 5.82 Å². The van der Waals surface area contributed by atoms with Crippen LogP contribution in [0.5, 0.6) is 0 Å². The molecule has 1 fully saturated rings. The van der Waals surface area contributed by atoms with Gasteiger partial charge in [0.05, 0.1) is 11.9 Å². The van der Waals surface area contributed by atoms with E-state index in [1.165, 1.54) is 10.5 Å². The van der Waals surface area contributed by atoms with Crippen molar-refractivity contribution < 1.29 is 9.90 Å². The van der Waals surface area contributed by atoms with Gasteiger partial charge in [0.1, 0.15) is 0 Å². The molecule has 6 nitrogen and oxygen atoms in total. The Balaban J connectivity index is 1.68. The molecule has 22 heavy (non-hydrogen) atoms. The molecule has 2 aromatic rings. The molecule has 1 aliphatic heterocycles. The molecule has 0 aromatic carbocycles. The van der Waals surface area contributed by atoms with Crippen molar-refractivity contribution in [3.63, 3.8) is 0 Å². The fourth-order valence-corrected chi connectivity index (χ4v) is 3.31. The highest BCUT2D eigenvalue weighted by Gasteiger charge is 2.31. The van der Waals surface area contributed by atoms with Gasteiger partial charge in [-0.3, -0.25) is 0 Å². The zero-order valence-corrected chi connectivity index (χ0v) is 12.0. The van der Waals surface area contributed by atoms with Crippen LogP contribution in [-0.2, 0) is 6.42 Å². The third-order valence-corrected chi connectivity index (χ3v) is 4.45. The topological polar surface area (TPSA) is 71.2 Å². The van der Waals surface area contributed by atoms with E-state index >= 15 is 0 Å². The molecule has 0 saturated carbocycles. The molecule has 2 aromatic heterocycles. The van der Waals surface area contributed by atoms with Gasteiger partial charge in [0.2, 0.25) is 0 Å². The normalized spacial score (nSPS) is 20.1. The van der Waals surface area contributed by atoms with Gasteiger partial charge in [-0.1, -0.05) is 11.6 Å². The number of hydrogen-bond donors (Lipinski definition) is 1. The summed E-state index contributed by atoms with van der Waals surface area (Å²) in [5.74, 6) is 1.08. The first-order valence-electron chi connectivity index (χ1n) is 7.39. The molecule has 6 heteroatoms. The fraction of sp³-hybridized carbons (Fsp3) is 0.312. The maximum absolute atomic E-state index is 11.1. The van der Waals surface area contributed by atoms with Crippen LogP contribution in [0.3, 0.4) is 0 Å². The van der Waals surface area contributed by atoms with E-state index in [1.54, 1.807) is 6.20 Å². The predicted octanol–water partition coefficient (Wildman–Crippen LogP) is 2.21. The molecule has 1 amide bonds. The summed E-state index contributed by atoms with van der Waals surface area (Å²) >= 11 is 0. The average molecular weight is 296 g/mol. The SMILES string of the molecule is O=C(O)N1CCC2=Cc3c(cnn3-c3ccccn3)CC2C1. The molecule has 1 unspecified atom stereocenters. The van der Waals surface area contributed by atoms with Gasteiger partial charge in [-0.25, -0.2) is 14.5 Å². The van der Waals surface area contributed by atoms with Crippen LogP contribution in [0.1, 0.15) is 17.7 Å². The molecule has 0 radical (unpaired) electrons. The first-order valence-corrected chi connectivity index (χ1v) is 7.39. The lowest BCUT2D eigenvalue weighted by atomic mass is 9.82. The first-order chi connectivity index (χ1) is 10.7. The van der Waals surface area contributed by atoms with Crippen molar-refractivity contribution in [2.24, 2.45) is 5.92 Å². The second-order valence-corrected chi connectivity index (χ2v) is 5.75. The van der Waals surface area contributed by atoms with Gasteiger partial charge in [-0.2, -0.15) is 5.10 Å². The molecule has 1 atom stereocenters. The Morgan fingerprint density at radius 1 is 1.36 bits per heavy atom. The van der Waals surface area contributed by atoms with Crippen LogP contribution >= 0.6 is 0 Å². The second kappa shape index (κ2) is 4.98. The van der Waals surface area contributed by atoms with E-state index in [-0.39, 0.29) is 5.92 Å². The Morgan fingerprint density at radius 3 is 3.05 bits per heavy atom. The Hall–Kier alpha value is -2.63. The van der Waals surface area contributed by atoms with E-state index in [0.717, 1.165) is 29.9 Å². The van der Waals surface area contributed by atoms with E-state index in [9.17, 15) is 4.79 Å². The lowest BCUT2D eigenvalue weighted by Crippen LogP contribution is -2.41. The number of fused-ring (bicyclic) bond motifs is 2. The fourth-order valence-electron chi connectivity index (χ4n) is 3.31. The second-order valence-electron chi connectivity index (χ2n) is 5.75. The number of likely N-dealkylation sites (tertiary alicyclic amines) is 1. The summed E-state index contributed by atoms with van der Waals surface area (Å²) in [4.78, 5) is 17.0. The van der Waals surface area contributed by atoms with Crippen LogP contribution in [0.25, 0.3) is 11.9 Å². The summed E-state index contributed by atoms with van der Waals surface area (Å²) in [5, 5.41) is 13.6. The maximum Gasteiger partial charge on any atom is 0.407 e. The number of rotatable bonds is 1. The molecule has 1 N–H and O–H groups in total. The van der Waals surface area contributed by atoms with E-state index < -0.39 is 6.09 Å². The molecule has 3 heterocycles. The van der Waals surface area contributed by atoms with Gasteiger partial charge >= 0.3 is 6.09 Å². The molecule has 0 spiro atoms. The number of nitrogens with zero attached hydrogens (tertiary/aromatic N) is 4. The highest BCUT2D eigenvalue weighted by Crippen LogP contribution is 2.34. The van der Waals surface area contributed by atoms with Crippen molar-refractivity contribution in [3.05, 3.63) is 47.4 Å². The van der Waals surface area contributed by atoms with Gasteiger partial charge in [0, 0.05) is 25.2 Å². The van der Waals surface area contributed by atoms with Crippen molar-refractivity contribution >= 4 is 12.2 Å². The molecule has 1 aliphatic carbocycles. The molecule has 112 valence electrons. The number of carboxylic acid groups (broad SMARTS) is 1. The highest BCUT2D eigenvalue weighted by atomic mass is 16.4. The number of aromatic nitrogens is 3. The standard InChI is InChI=1S/C16H16N4O2/c21-16(22)19-6-4-11-8-14-12(7-13(11)10-19)9-18-20(14)15-3-1-2-5-17-15/h1-3,5,8-9,13H,4,6-7,10H2,(H,21,22). The molecule has 1 saturated heterocycles. The number of hydrogen-bond acceptors (Lipinski definition) is 3. The average Bonchev–Trinajstić information content (AvgIpc) is 2.95. The summed E-state index contributed by atoms with van der Waals surface area (Å²) < 4.78 is 1.86. The Morgan fingerprint density at radius 2 is 2.27 bits per heavy atom. The van der Waals surface area contributed by atoms with E-state index in [2.05, 4.69) is 16.2 Å². The van der Waals surface area contributed by atoms with Crippen LogP contribution in [0.15, 0.2) is 36.2 Å². The number of amides is 1. The largest absolute Gasteiger partial charge is 0.465 e. The van der Waals surface area contributed by atoms with Gasteiger partial charge in [0.25, 0.3) is 0 Å². The Kier molecular flexibility index (Phi) is 2.96. The lowest BCUT2D eigenvalue weighted by molar-refractivity contribution is 0.132. The van der Waals surface area contributed by atoms with Crippen LogP contribution < -0.4 is 0 Å². The van der Waals surface area contributed by atoms with Crippen LogP contribution in [0.4, 0.5) is 4.79 Å². The molecule has 0 bridgehead atoms. The molecular formula is C16H16N4O2. The quantitative estimate of drug-likeness (QED) is 0.875. The summed E-state index contributed by atoms with van der Waals surface area (Å²) in [7, 11) is 0. The van der Waals surface area contributed by atoms with Crippen LogP contribution in [-0.4, -0.2) is 44.0 Å². The van der Waals surface area contributed by atoms with Crippen molar-refractivity contribution in [1.29, 1.82) is 0 Å². The monoisotopic (exact) mass is 296 g/mol. The van der Waals surface area contributed by atoms with E-state index in [4.69, 9.17) is 5.11 Å². The summed E-state index contributed by atoms with van der Waals surface area (Å²) in [6, 6.07) is 5.76. The third-order valence-electron chi connectivity index (χ3n) is 4.45. The van der Waals surface area contributed by atoms with Gasteiger partial charge < -0.3 is 10.0 Å². The lowest BCUT2D eigenvalue weighted by Gasteiger charge is -2.35. The Bertz CT molecular complexity index is 751. The minimum absolute atomic E-state index is 0.277. The summed E-state index contributed by atoms with van der Waals surface area (Å²) in [5.41, 5.74) is 3.56. The van der Waals surface area contributed by atoms with Crippen LogP contribution in [0.2, 0.25) is 0 Å². The summed E-state index contributed by atoms with van der Waals surface area (Å²) in [6.45, 7) is 1.15. The maximum atomic E-state index is 11.1. The predicted molar refractivity (Wildman–Crippen MR) is 80.7 cm³/mol. The van der Waals surface area contributed by atoms with E-state index in [1.807, 2.05) is 29.1 Å². The third kappa shape index (κ3) is 2.07. The van der Waals surface area contributed by atoms with Crippen molar-refractivity contribution in [2.45, 2.75) is 12.8 Å². The van der Waals surface area contributed by atoms with Crippen molar-refractivity contribution in [2.75, 3.05) is 13.1 Å². The smallest absolute Gasteiger partial charge is 0.407 e. The molecular weight excluding hydrogens is 280 g/mol. The first kappa shape index (κ1) is 13.1. The van der Waals surface area contributed by atoms with Gasteiger partial charge in [-0.05, 0) is 36.6 Å². The minimum Gasteiger partial charge on any atom is -0.465 e. The van der Waals surface area contributed by atoms with Crippen molar-refractivity contribution in [1.82, 2.24) is 19.7 Å². The van der Waals surface area contributed by atoms with Gasteiger partial charge in [0.15, 0.2) is 5.82 Å². The number of piperidine rings is 1. The molecule has 4 rings (SSSR count). The highest BCUT2D eigenvalue weighted by molar-refractivity contribution is 5.66. The zero-order valence-electron chi connectivity index (χ0n) is 12.0. The molecule has 2 aliphatic rings. The van der Waals surface area contributed by atoms with Gasteiger partial charge in [-0.15, -0.1) is 0 Å².